The van der Waals surface area contributed by atoms with Gasteiger partial charge in [0.15, 0.2) is 0 Å². The van der Waals surface area contributed by atoms with E-state index in [0.717, 1.165) is 25.0 Å². The number of fused-ring (bicyclic) bond motifs is 1. The Kier molecular flexibility index (Phi) is 4.69. The Hall–Kier alpha value is -0.620. The summed E-state index contributed by atoms with van der Waals surface area (Å²) in [4.78, 5) is 12.6. The summed E-state index contributed by atoms with van der Waals surface area (Å²) in [5.74, 6) is 0.106. The van der Waals surface area contributed by atoms with Gasteiger partial charge in [0.2, 0.25) is 5.91 Å². The molecule has 3 unspecified atom stereocenters. The average Bonchev–Trinajstić information content (AvgIpc) is 2.97. The number of hydrogen-bond donors (Lipinski definition) is 2. The van der Waals surface area contributed by atoms with E-state index < -0.39 is 5.54 Å². The lowest BCUT2D eigenvalue weighted by molar-refractivity contribution is -0.225. The normalized spacial score (nSPS) is 33.3. The monoisotopic (exact) mass is 330 g/mol. The van der Waals surface area contributed by atoms with Gasteiger partial charge in [0.25, 0.3) is 0 Å². The lowest BCUT2D eigenvalue weighted by atomic mass is 9.46. The molecule has 3 N–H and O–H groups in total. The molecular weight excluding hydrogens is 308 g/mol. The molecule has 2 heterocycles. The first-order valence-electron chi connectivity index (χ1n) is 7.18. The van der Waals surface area contributed by atoms with Gasteiger partial charge in [-0.15, -0.1) is 12.4 Å². The van der Waals surface area contributed by atoms with Crippen molar-refractivity contribution in [3.8, 4) is 0 Å². The molecule has 3 rings (SSSR count). The first-order valence-corrected chi connectivity index (χ1v) is 8.12. The zero-order chi connectivity index (χ0) is 14.4. The number of nitrogens with two attached hydrogens (primary N) is 1. The van der Waals surface area contributed by atoms with Gasteiger partial charge in [-0.2, -0.15) is 11.3 Å². The number of thiophene rings is 1. The summed E-state index contributed by atoms with van der Waals surface area (Å²) in [7, 11) is 0. The molecule has 4 nitrogen and oxygen atoms in total. The number of amides is 1. The zero-order valence-electron chi connectivity index (χ0n) is 12.4. The highest BCUT2D eigenvalue weighted by atomic mass is 35.5. The third kappa shape index (κ3) is 2.40. The van der Waals surface area contributed by atoms with Crippen LogP contribution in [0.25, 0.3) is 0 Å². The Bertz CT molecular complexity index is 506. The minimum Gasteiger partial charge on any atom is -0.377 e. The molecular formula is C15H23ClN2O2S. The summed E-state index contributed by atoms with van der Waals surface area (Å²) in [5.41, 5.74) is 6.53. The molecule has 0 radical (unpaired) electrons. The fourth-order valence-corrected chi connectivity index (χ4v) is 4.43. The van der Waals surface area contributed by atoms with Crippen LogP contribution in [0.1, 0.15) is 32.3 Å². The van der Waals surface area contributed by atoms with Crippen LogP contribution in [-0.4, -0.2) is 24.2 Å². The topological polar surface area (TPSA) is 64.3 Å². The summed E-state index contributed by atoms with van der Waals surface area (Å²) in [5, 5.41) is 7.06. The van der Waals surface area contributed by atoms with Crippen molar-refractivity contribution < 1.29 is 9.53 Å². The van der Waals surface area contributed by atoms with Gasteiger partial charge in [-0.3, -0.25) is 4.79 Å². The molecule has 1 aromatic rings. The molecule has 1 aliphatic carbocycles. The van der Waals surface area contributed by atoms with Crippen LogP contribution in [0.3, 0.4) is 0 Å². The Labute approximate surface area is 135 Å². The molecule has 0 bridgehead atoms. The summed E-state index contributed by atoms with van der Waals surface area (Å²) < 4.78 is 5.83. The molecule has 1 amide bonds. The second-order valence-corrected chi connectivity index (χ2v) is 7.23. The van der Waals surface area contributed by atoms with Crippen LogP contribution in [-0.2, 0) is 16.1 Å². The molecule has 1 saturated heterocycles. The molecule has 1 aliphatic heterocycles. The lowest BCUT2D eigenvalue weighted by Gasteiger charge is -2.65. The largest absolute Gasteiger partial charge is 0.377 e. The van der Waals surface area contributed by atoms with E-state index in [1.807, 2.05) is 30.7 Å². The third-order valence-electron chi connectivity index (χ3n) is 5.09. The summed E-state index contributed by atoms with van der Waals surface area (Å²) in [6, 6.07) is 2.02. The summed E-state index contributed by atoms with van der Waals surface area (Å²) in [6.07, 6.45) is 2.10. The Balaban J connectivity index is 0.00000161. The Morgan fingerprint density at radius 3 is 3.00 bits per heavy atom. The van der Waals surface area contributed by atoms with Crippen molar-refractivity contribution in [2.75, 3.05) is 6.61 Å². The number of hydrogen-bond acceptors (Lipinski definition) is 4. The molecule has 118 valence electrons. The van der Waals surface area contributed by atoms with Crippen molar-refractivity contribution in [3.63, 3.8) is 0 Å². The summed E-state index contributed by atoms with van der Waals surface area (Å²) >= 11 is 1.63. The van der Waals surface area contributed by atoms with Crippen LogP contribution < -0.4 is 11.1 Å². The van der Waals surface area contributed by atoms with E-state index in [1.54, 1.807) is 11.3 Å². The standard InChI is InChI=1S/C15H22N2O2S.ClH/c1-14(2)12-11(4-3-6-19-12)15(14,16)13(18)17-8-10-5-7-20-9-10;/h5,7,9,11-12H,3-4,6,8,16H2,1-2H3,(H,17,18);1H. The highest BCUT2D eigenvalue weighted by molar-refractivity contribution is 7.07. The second kappa shape index (κ2) is 5.88. The molecule has 6 heteroatoms. The zero-order valence-corrected chi connectivity index (χ0v) is 14.1. The molecule has 2 fully saturated rings. The van der Waals surface area contributed by atoms with Gasteiger partial charge in [0.1, 0.15) is 5.54 Å². The van der Waals surface area contributed by atoms with Gasteiger partial charge in [0.05, 0.1) is 6.10 Å². The van der Waals surface area contributed by atoms with E-state index in [1.165, 1.54) is 0 Å². The van der Waals surface area contributed by atoms with Crippen molar-refractivity contribution >= 4 is 29.7 Å². The van der Waals surface area contributed by atoms with E-state index in [2.05, 4.69) is 5.32 Å². The molecule has 1 saturated carbocycles. The molecule has 21 heavy (non-hydrogen) atoms. The fourth-order valence-electron chi connectivity index (χ4n) is 3.76. The van der Waals surface area contributed by atoms with Crippen LogP contribution in [0, 0.1) is 11.3 Å². The fraction of sp³-hybridized carbons (Fsp3) is 0.667. The van der Waals surface area contributed by atoms with Crippen molar-refractivity contribution in [3.05, 3.63) is 22.4 Å². The lowest BCUT2D eigenvalue weighted by Crippen LogP contribution is -2.82. The minimum atomic E-state index is -0.811. The molecule has 1 aromatic heterocycles. The maximum atomic E-state index is 12.6. The van der Waals surface area contributed by atoms with E-state index in [9.17, 15) is 4.79 Å². The van der Waals surface area contributed by atoms with E-state index >= 15 is 0 Å². The van der Waals surface area contributed by atoms with Gasteiger partial charge >= 0.3 is 0 Å². The summed E-state index contributed by atoms with van der Waals surface area (Å²) in [6.45, 7) is 5.43. The van der Waals surface area contributed by atoms with Crippen molar-refractivity contribution in [2.45, 2.75) is 44.9 Å². The Morgan fingerprint density at radius 1 is 1.57 bits per heavy atom. The minimum absolute atomic E-state index is 0. The maximum Gasteiger partial charge on any atom is 0.241 e. The van der Waals surface area contributed by atoms with Crippen LogP contribution >= 0.6 is 23.7 Å². The highest BCUT2D eigenvalue weighted by Crippen LogP contribution is 2.57. The molecule has 0 aromatic carbocycles. The van der Waals surface area contributed by atoms with Crippen LogP contribution in [0.2, 0.25) is 0 Å². The number of carbonyl (C=O) groups excluding carboxylic acids is 1. The van der Waals surface area contributed by atoms with E-state index in [4.69, 9.17) is 10.5 Å². The Morgan fingerprint density at radius 2 is 2.33 bits per heavy atom. The van der Waals surface area contributed by atoms with Crippen molar-refractivity contribution in [1.82, 2.24) is 5.32 Å². The number of rotatable bonds is 3. The number of nitrogens with one attached hydrogen (secondary N) is 1. The van der Waals surface area contributed by atoms with Crippen molar-refractivity contribution in [1.29, 1.82) is 0 Å². The van der Waals surface area contributed by atoms with E-state index in [-0.39, 0.29) is 35.8 Å². The first-order chi connectivity index (χ1) is 9.48. The van der Waals surface area contributed by atoms with Gasteiger partial charge in [0, 0.05) is 24.5 Å². The van der Waals surface area contributed by atoms with Gasteiger partial charge in [-0.1, -0.05) is 13.8 Å². The van der Waals surface area contributed by atoms with E-state index in [0.29, 0.717) is 6.54 Å². The van der Waals surface area contributed by atoms with Crippen molar-refractivity contribution in [2.24, 2.45) is 17.1 Å². The third-order valence-corrected chi connectivity index (χ3v) is 5.83. The highest BCUT2D eigenvalue weighted by Gasteiger charge is 2.70. The number of ether oxygens (including phenoxy) is 1. The SMILES string of the molecule is CC1(C)C2OCCCC2C1(N)C(=O)NCc1ccsc1.Cl. The van der Waals surface area contributed by atoms with Gasteiger partial charge < -0.3 is 15.8 Å². The van der Waals surface area contributed by atoms with Crippen LogP contribution in [0.15, 0.2) is 16.8 Å². The molecule has 0 spiro atoms. The smallest absolute Gasteiger partial charge is 0.241 e. The maximum absolute atomic E-state index is 12.6. The molecule has 3 atom stereocenters. The van der Waals surface area contributed by atoms with Crippen LogP contribution in [0.5, 0.6) is 0 Å². The second-order valence-electron chi connectivity index (χ2n) is 6.45. The number of halogens is 1. The quantitative estimate of drug-likeness (QED) is 0.894. The predicted octanol–water partition coefficient (Wildman–Crippen LogP) is 2.32. The van der Waals surface area contributed by atoms with Gasteiger partial charge in [-0.25, -0.2) is 0 Å². The van der Waals surface area contributed by atoms with Crippen LogP contribution in [0.4, 0.5) is 0 Å². The number of carbonyl (C=O) groups is 1. The molecule has 2 aliphatic rings. The average molecular weight is 331 g/mol. The van der Waals surface area contributed by atoms with Gasteiger partial charge in [-0.05, 0) is 35.2 Å². The predicted molar refractivity (Wildman–Crippen MR) is 86.6 cm³/mol. The first kappa shape index (κ1) is 16.7.